The van der Waals surface area contributed by atoms with E-state index >= 15 is 0 Å². The zero-order valence-corrected chi connectivity index (χ0v) is 12.9. The van der Waals surface area contributed by atoms with Gasteiger partial charge in [-0.2, -0.15) is 0 Å². The highest BCUT2D eigenvalue weighted by atomic mass is 35.5. The molecule has 2 aromatic heterocycles. The molecule has 2 amide bonds. The maximum absolute atomic E-state index is 12.0. The van der Waals surface area contributed by atoms with Crippen LogP contribution in [0.5, 0.6) is 0 Å². The van der Waals surface area contributed by atoms with Crippen molar-refractivity contribution in [3.63, 3.8) is 0 Å². The van der Waals surface area contributed by atoms with Crippen molar-refractivity contribution in [2.45, 2.75) is 6.92 Å². The molecule has 0 radical (unpaired) electrons. The third-order valence-electron chi connectivity index (χ3n) is 3.07. The van der Waals surface area contributed by atoms with Gasteiger partial charge >= 0.3 is 6.03 Å². The fraction of sp³-hybridized carbons (Fsp3) is 0.0667. The smallest absolute Gasteiger partial charge is 0.308 e. The fourth-order valence-corrected chi connectivity index (χ4v) is 2.11. The SMILES string of the molecule is Cc1nccn1-c1cc(NC(=O)Nc2ccc(Cl)cc2)ncn1. The van der Waals surface area contributed by atoms with Crippen LogP contribution >= 0.6 is 11.6 Å². The summed E-state index contributed by atoms with van der Waals surface area (Å²) in [5.74, 6) is 1.80. The molecule has 3 aromatic rings. The lowest BCUT2D eigenvalue weighted by atomic mass is 10.3. The molecule has 8 heteroatoms. The molecule has 0 fully saturated rings. The van der Waals surface area contributed by atoms with Gasteiger partial charge in [0.15, 0.2) is 0 Å². The number of halogens is 1. The molecule has 0 atom stereocenters. The molecule has 116 valence electrons. The van der Waals surface area contributed by atoms with Gasteiger partial charge in [0.1, 0.15) is 23.8 Å². The second-order valence-electron chi connectivity index (χ2n) is 4.69. The number of hydrogen-bond acceptors (Lipinski definition) is 4. The normalized spacial score (nSPS) is 10.3. The maximum atomic E-state index is 12.0. The molecular weight excluding hydrogens is 316 g/mol. The van der Waals surface area contributed by atoms with Gasteiger partial charge in [-0.1, -0.05) is 11.6 Å². The van der Waals surface area contributed by atoms with E-state index in [9.17, 15) is 4.79 Å². The van der Waals surface area contributed by atoms with E-state index in [0.717, 1.165) is 5.82 Å². The Morgan fingerprint density at radius 3 is 2.61 bits per heavy atom. The van der Waals surface area contributed by atoms with E-state index in [4.69, 9.17) is 11.6 Å². The Bertz CT molecular complexity index is 830. The van der Waals surface area contributed by atoms with Crippen LogP contribution in [-0.2, 0) is 0 Å². The number of hydrogen-bond donors (Lipinski definition) is 2. The number of urea groups is 1. The zero-order valence-electron chi connectivity index (χ0n) is 12.2. The summed E-state index contributed by atoms with van der Waals surface area (Å²) in [7, 11) is 0. The van der Waals surface area contributed by atoms with Crippen molar-refractivity contribution >= 4 is 29.1 Å². The first-order chi connectivity index (χ1) is 11.1. The number of carbonyl (C=O) groups excluding carboxylic acids is 1. The van der Waals surface area contributed by atoms with Gasteiger partial charge in [-0.25, -0.2) is 19.7 Å². The van der Waals surface area contributed by atoms with Crippen molar-refractivity contribution in [2.24, 2.45) is 0 Å². The van der Waals surface area contributed by atoms with E-state index in [0.29, 0.717) is 22.3 Å². The zero-order chi connectivity index (χ0) is 16.2. The average molecular weight is 329 g/mol. The molecule has 7 nitrogen and oxygen atoms in total. The predicted molar refractivity (Wildman–Crippen MR) is 88.0 cm³/mol. The molecule has 0 unspecified atom stereocenters. The van der Waals surface area contributed by atoms with Crippen molar-refractivity contribution in [2.75, 3.05) is 10.6 Å². The van der Waals surface area contributed by atoms with Gasteiger partial charge in [0, 0.05) is 29.2 Å². The van der Waals surface area contributed by atoms with E-state index in [1.54, 1.807) is 47.3 Å². The summed E-state index contributed by atoms with van der Waals surface area (Å²) >= 11 is 5.80. The molecule has 0 saturated heterocycles. The fourth-order valence-electron chi connectivity index (χ4n) is 1.98. The van der Waals surface area contributed by atoms with Gasteiger partial charge in [-0.15, -0.1) is 0 Å². The number of anilines is 2. The topological polar surface area (TPSA) is 84.7 Å². The van der Waals surface area contributed by atoms with Gasteiger partial charge in [0.05, 0.1) is 0 Å². The number of nitrogens with zero attached hydrogens (tertiary/aromatic N) is 4. The Balaban J connectivity index is 1.71. The minimum Gasteiger partial charge on any atom is -0.308 e. The van der Waals surface area contributed by atoms with Crippen LogP contribution < -0.4 is 10.6 Å². The quantitative estimate of drug-likeness (QED) is 0.772. The summed E-state index contributed by atoms with van der Waals surface area (Å²) < 4.78 is 1.80. The van der Waals surface area contributed by atoms with E-state index in [2.05, 4.69) is 25.6 Å². The molecule has 1 aromatic carbocycles. The summed E-state index contributed by atoms with van der Waals surface area (Å²) in [6, 6.07) is 8.07. The molecule has 0 saturated carbocycles. The van der Waals surface area contributed by atoms with Gasteiger partial charge in [0.2, 0.25) is 0 Å². The van der Waals surface area contributed by atoms with Crippen LogP contribution in [0.2, 0.25) is 5.02 Å². The lowest BCUT2D eigenvalue weighted by Crippen LogP contribution is -2.20. The summed E-state index contributed by atoms with van der Waals surface area (Å²) in [5.41, 5.74) is 0.631. The van der Waals surface area contributed by atoms with E-state index in [1.165, 1.54) is 6.33 Å². The largest absolute Gasteiger partial charge is 0.324 e. The van der Waals surface area contributed by atoms with Crippen LogP contribution in [0, 0.1) is 6.92 Å². The van der Waals surface area contributed by atoms with E-state index in [1.807, 2.05) is 6.92 Å². The number of nitrogens with one attached hydrogen (secondary N) is 2. The number of imidazole rings is 1. The molecule has 0 spiro atoms. The molecule has 3 rings (SSSR count). The molecule has 0 aliphatic heterocycles. The number of rotatable bonds is 3. The van der Waals surface area contributed by atoms with Crippen molar-refractivity contribution in [1.29, 1.82) is 0 Å². The Kier molecular flexibility index (Phi) is 4.20. The van der Waals surface area contributed by atoms with Crippen molar-refractivity contribution in [3.8, 4) is 5.82 Å². The molecule has 2 heterocycles. The molecule has 23 heavy (non-hydrogen) atoms. The monoisotopic (exact) mass is 328 g/mol. The molecule has 0 aliphatic rings. The second kappa shape index (κ2) is 6.45. The van der Waals surface area contributed by atoms with Crippen molar-refractivity contribution in [1.82, 2.24) is 19.5 Å². The van der Waals surface area contributed by atoms with Crippen molar-refractivity contribution in [3.05, 3.63) is 59.9 Å². The van der Waals surface area contributed by atoms with Crippen LogP contribution in [0.4, 0.5) is 16.3 Å². The van der Waals surface area contributed by atoms with Gasteiger partial charge < -0.3 is 5.32 Å². The highest BCUT2D eigenvalue weighted by Crippen LogP contribution is 2.14. The highest BCUT2D eigenvalue weighted by Gasteiger charge is 2.07. The minimum atomic E-state index is -0.403. The van der Waals surface area contributed by atoms with Crippen LogP contribution in [0.15, 0.2) is 49.1 Å². The number of aryl methyl sites for hydroxylation is 1. The van der Waals surface area contributed by atoms with E-state index < -0.39 is 6.03 Å². The summed E-state index contributed by atoms with van der Waals surface area (Å²) in [5, 5.41) is 5.96. The Morgan fingerprint density at radius 1 is 1.13 bits per heavy atom. The first kappa shape index (κ1) is 15.0. The summed E-state index contributed by atoms with van der Waals surface area (Å²) in [4.78, 5) is 24.3. The average Bonchev–Trinajstić information content (AvgIpc) is 2.96. The van der Waals surface area contributed by atoms with Gasteiger partial charge in [-0.3, -0.25) is 9.88 Å². The predicted octanol–water partition coefficient (Wildman–Crippen LogP) is 3.27. The number of aromatic nitrogens is 4. The van der Waals surface area contributed by atoms with Crippen LogP contribution in [-0.4, -0.2) is 25.6 Å². The summed E-state index contributed by atoms with van der Waals surface area (Å²) in [6.45, 7) is 1.86. The number of amides is 2. The lowest BCUT2D eigenvalue weighted by molar-refractivity contribution is 0.262. The second-order valence-corrected chi connectivity index (χ2v) is 5.13. The highest BCUT2D eigenvalue weighted by molar-refractivity contribution is 6.30. The summed E-state index contributed by atoms with van der Waals surface area (Å²) in [6.07, 6.45) is 4.85. The Hall–Kier alpha value is -2.93. The first-order valence-electron chi connectivity index (χ1n) is 6.78. The molecule has 2 N–H and O–H groups in total. The molecule has 0 aliphatic carbocycles. The lowest BCUT2D eigenvalue weighted by Gasteiger charge is -2.09. The Morgan fingerprint density at radius 2 is 1.91 bits per heavy atom. The minimum absolute atomic E-state index is 0.384. The standard InChI is InChI=1S/C15H13ClN6O/c1-10-17-6-7-22(10)14-8-13(18-9-19-14)21-15(23)20-12-4-2-11(16)3-5-12/h2-9H,1H3,(H2,18,19,20,21,23). The maximum Gasteiger partial charge on any atom is 0.324 e. The Labute approximate surface area is 137 Å². The van der Waals surface area contributed by atoms with Gasteiger partial charge in [-0.05, 0) is 31.2 Å². The number of carbonyl (C=O) groups is 1. The van der Waals surface area contributed by atoms with Crippen LogP contribution in [0.25, 0.3) is 5.82 Å². The van der Waals surface area contributed by atoms with Gasteiger partial charge in [0.25, 0.3) is 0 Å². The first-order valence-corrected chi connectivity index (χ1v) is 7.15. The van der Waals surface area contributed by atoms with Crippen molar-refractivity contribution < 1.29 is 4.79 Å². The number of benzene rings is 1. The van der Waals surface area contributed by atoms with Crippen LogP contribution in [0.1, 0.15) is 5.82 Å². The third-order valence-corrected chi connectivity index (χ3v) is 3.32. The van der Waals surface area contributed by atoms with E-state index in [-0.39, 0.29) is 0 Å². The molecular formula is C15H13ClN6O. The molecule has 0 bridgehead atoms. The third kappa shape index (κ3) is 3.64. The van der Waals surface area contributed by atoms with Crippen LogP contribution in [0.3, 0.4) is 0 Å².